The molecule has 0 aromatic rings. The van der Waals surface area contributed by atoms with Crippen molar-refractivity contribution in [3.63, 3.8) is 0 Å². The van der Waals surface area contributed by atoms with E-state index >= 15 is 0 Å². The van der Waals surface area contributed by atoms with Gasteiger partial charge in [-0.25, -0.2) is 0 Å². The first-order valence-electron chi connectivity index (χ1n) is 4.44. The standard InChI is InChI=1S/C11H16O/c1-3-5-7-11-9-12-8-10(11)6-4-2/h3,5-7,11H,1,4,8-9H2,2H3/b7-5+,10-6-. The van der Waals surface area contributed by atoms with E-state index in [1.807, 2.05) is 12.2 Å². The molecular weight excluding hydrogens is 148 g/mol. The van der Waals surface area contributed by atoms with Gasteiger partial charge in [0.2, 0.25) is 0 Å². The molecule has 0 amide bonds. The van der Waals surface area contributed by atoms with E-state index < -0.39 is 0 Å². The molecule has 1 saturated heterocycles. The van der Waals surface area contributed by atoms with Crippen molar-refractivity contribution in [2.75, 3.05) is 13.2 Å². The summed E-state index contributed by atoms with van der Waals surface area (Å²) in [5.74, 6) is 0.489. The average Bonchev–Trinajstić information content (AvgIpc) is 2.50. The van der Waals surface area contributed by atoms with Gasteiger partial charge < -0.3 is 4.74 Å². The van der Waals surface area contributed by atoms with Crippen molar-refractivity contribution in [2.24, 2.45) is 5.92 Å². The number of ether oxygens (including phenoxy) is 1. The summed E-state index contributed by atoms with van der Waals surface area (Å²) in [7, 11) is 0. The zero-order chi connectivity index (χ0) is 8.81. The minimum absolute atomic E-state index is 0.489. The molecular formula is C11H16O. The summed E-state index contributed by atoms with van der Waals surface area (Å²) in [5, 5.41) is 0. The summed E-state index contributed by atoms with van der Waals surface area (Å²) in [4.78, 5) is 0. The lowest BCUT2D eigenvalue weighted by atomic mass is 10.0. The average molecular weight is 164 g/mol. The van der Waals surface area contributed by atoms with Gasteiger partial charge in [-0.1, -0.05) is 37.8 Å². The SMILES string of the molecule is C=C/C=C/C1COC/C1=C/CC. The van der Waals surface area contributed by atoms with Crippen LogP contribution in [0.1, 0.15) is 13.3 Å². The second kappa shape index (κ2) is 4.94. The van der Waals surface area contributed by atoms with Gasteiger partial charge in [0.25, 0.3) is 0 Å². The van der Waals surface area contributed by atoms with Crippen LogP contribution >= 0.6 is 0 Å². The zero-order valence-corrected chi connectivity index (χ0v) is 7.62. The first-order valence-corrected chi connectivity index (χ1v) is 4.44. The van der Waals surface area contributed by atoms with E-state index in [2.05, 4.69) is 25.7 Å². The summed E-state index contributed by atoms with van der Waals surface area (Å²) in [6.45, 7) is 7.43. The Morgan fingerprint density at radius 1 is 1.67 bits per heavy atom. The van der Waals surface area contributed by atoms with Crippen molar-refractivity contribution in [3.8, 4) is 0 Å². The Labute approximate surface area is 74.4 Å². The van der Waals surface area contributed by atoms with Crippen LogP contribution in [0.15, 0.2) is 36.5 Å². The number of hydrogen-bond donors (Lipinski definition) is 0. The van der Waals surface area contributed by atoms with E-state index in [0.717, 1.165) is 19.6 Å². The Hall–Kier alpha value is -0.820. The smallest absolute Gasteiger partial charge is 0.0683 e. The zero-order valence-electron chi connectivity index (χ0n) is 7.62. The molecule has 0 aliphatic carbocycles. The predicted molar refractivity (Wildman–Crippen MR) is 52.0 cm³/mol. The fourth-order valence-corrected chi connectivity index (χ4v) is 1.38. The lowest BCUT2D eigenvalue weighted by molar-refractivity contribution is 0.195. The first-order chi connectivity index (χ1) is 5.88. The summed E-state index contributed by atoms with van der Waals surface area (Å²) >= 11 is 0. The third-order valence-electron chi connectivity index (χ3n) is 1.99. The summed E-state index contributed by atoms with van der Waals surface area (Å²) in [5.41, 5.74) is 1.41. The predicted octanol–water partition coefficient (Wildman–Crippen LogP) is 2.71. The van der Waals surface area contributed by atoms with Crippen LogP contribution in [-0.2, 0) is 4.74 Å². The largest absolute Gasteiger partial charge is 0.376 e. The van der Waals surface area contributed by atoms with E-state index in [1.165, 1.54) is 5.57 Å². The molecule has 1 rings (SSSR count). The minimum Gasteiger partial charge on any atom is -0.376 e. The maximum atomic E-state index is 5.37. The Kier molecular flexibility index (Phi) is 3.81. The minimum atomic E-state index is 0.489. The monoisotopic (exact) mass is 164 g/mol. The van der Waals surface area contributed by atoms with Gasteiger partial charge in [-0.05, 0) is 12.0 Å². The maximum Gasteiger partial charge on any atom is 0.0683 e. The topological polar surface area (TPSA) is 9.23 Å². The number of hydrogen-bond acceptors (Lipinski definition) is 1. The van der Waals surface area contributed by atoms with Crippen LogP contribution in [0.2, 0.25) is 0 Å². The first kappa shape index (κ1) is 9.27. The van der Waals surface area contributed by atoms with Gasteiger partial charge >= 0.3 is 0 Å². The fraction of sp³-hybridized carbons (Fsp3) is 0.455. The highest BCUT2D eigenvalue weighted by Gasteiger charge is 2.17. The molecule has 1 unspecified atom stereocenters. The van der Waals surface area contributed by atoms with Gasteiger partial charge in [-0.2, -0.15) is 0 Å². The Morgan fingerprint density at radius 2 is 2.50 bits per heavy atom. The third kappa shape index (κ3) is 2.35. The van der Waals surface area contributed by atoms with Gasteiger partial charge in [0.1, 0.15) is 0 Å². The summed E-state index contributed by atoms with van der Waals surface area (Å²) < 4.78 is 5.37. The van der Waals surface area contributed by atoms with Crippen molar-refractivity contribution in [1.29, 1.82) is 0 Å². The highest BCUT2D eigenvalue weighted by Crippen LogP contribution is 2.21. The molecule has 66 valence electrons. The number of allylic oxidation sites excluding steroid dienone is 3. The van der Waals surface area contributed by atoms with Gasteiger partial charge in [0.15, 0.2) is 0 Å². The normalized spacial score (nSPS) is 27.1. The van der Waals surface area contributed by atoms with Gasteiger partial charge in [-0.15, -0.1) is 0 Å². The van der Waals surface area contributed by atoms with Crippen LogP contribution in [0.25, 0.3) is 0 Å². The molecule has 0 bridgehead atoms. The Morgan fingerprint density at radius 3 is 3.17 bits per heavy atom. The lowest BCUT2D eigenvalue weighted by Gasteiger charge is -2.01. The van der Waals surface area contributed by atoms with Crippen LogP contribution in [0.4, 0.5) is 0 Å². The summed E-state index contributed by atoms with van der Waals surface area (Å²) in [6.07, 6.45) is 9.30. The second-order valence-corrected chi connectivity index (χ2v) is 2.93. The second-order valence-electron chi connectivity index (χ2n) is 2.93. The van der Waals surface area contributed by atoms with Crippen LogP contribution in [0, 0.1) is 5.92 Å². The van der Waals surface area contributed by atoms with Gasteiger partial charge in [0.05, 0.1) is 13.2 Å². The van der Waals surface area contributed by atoms with Crippen LogP contribution in [0.3, 0.4) is 0 Å². The molecule has 0 saturated carbocycles. The molecule has 0 N–H and O–H groups in total. The molecule has 1 nitrogen and oxygen atoms in total. The molecule has 0 spiro atoms. The molecule has 0 aromatic heterocycles. The van der Waals surface area contributed by atoms with Gasteiger partial charge in [0, 0.05) is 5.92 Å². The van der Waals surface area contributed by atoms with E-state index in [4.69, 9.17) is 4.74 Å². The van der Waals surface area contributed by atoms with Crippen molar-refractivity contribution in [2.45, 2.75) is 13.3 Å². The van der Waals surface area contributed by atoms with Crippen LogP contribution in [-0.4, -0.2) is 13.2 Å². The molecule has 1 fully saturated rings. The third-order valence-corrected chi connectivity index (χ3v) is 1.99. The van der Waals surface area contributed by atoms with Crippen LogP contribution < -0.4 is 0 Å². The molecule has 1 heteroatoms. The molecule has 1 heterocycles. The fourth-order valence-electron chi connectivity index (χ4n) is 1.38. The maximum absolute atomic E-state index is 5.37. The molecule has 1 atom stereocenters. The van der Waals surface area contributed by atoms with E-state index in [-0.39, 0.29) is 0 Å². The van der Waals surface area contributed by atoms with Gasteiger partial charge in [-0.3, -0.25) is 0 Å². The molecule has 0 aromatic carbocycles. The van der Waals surface area contributed by atoms with Crippen LogP contribution in [0.5, 0.6) is 0 Å². The van der Waals surface area contributed by atoms with E-state index in [0.29, 0.717) is 5.92 Å². The van der Waals surface area contributed by atoms with E-state index in [9.17, 15) is 0 Å². The highest BCUT2D eigenvalue weighted by molar-refractivity contribution is 5.18. The Bertz CT molecular complexity index is 201. The highest BCUT2D eigenvalue weighted by atomic mass is 16.5. The molecule has 0 radical (unpaired) electrons. The van der Waals surface area contributed by atoms with Crippen molar-refractivity contribution in [3.05, 3.63) is 36.5 Å². The van der Waals surface area contributed by atoms with E-state index in [1.54, 1.807) is 0 Å². The lowest BCUT2D eigenvalue weighted by Crippen LogP contribution is -1.96. The molecule has 1 aliphatic rings. The molecule has 1 aliphatic heterocycles. The number of rotatable bonds is 3. The Balaban J connectivity index is 2.57. The van der Waals surface area contributed by atoms with Crippen molar-refractivity contribution >= 4 is 0 Å². The van der Waals surface area contributed by atoms with Crippen molar-refractivity contribution in [1.82, 2.24) is 0 Å². The van der Waals surface area contributed by atoms with Crippen molar-refractivity contribution < 1.29 is 4.74 Å². The summed E-state index contributed by atoms with van der Waals surface area (Å²) in [6, 6.07) is 0. The quantitative estimate of drug-likeness (QED) is 0.460. The molecule has 12 heavy (non-hydrogen) atoms.